The van der Waals surface area contributed by atoms with Gasteiger partial charge in [-0.2, -0.15) is 0 Å². The zero-order valence-corrected chi connectivity index (χ0v) is 19.7. The van der Waals surface area contributed by atoms with E-state index in [-0.39, 0.29) is 5.91 Å². The first-order valence-electron chi connectivity index (χ1n) is 8.55. The number of hydrogen-bond donors (Lipinski definition) is 1. The summed E-state index contributed by atoms with van der Waals surface area (Å²) in [5.41, 5.74) is 0. The molecule has 0 radical (unpaired) electrons. The number of carbonyl (C=O) groups excluding carboxylic acids is 1. The highest BCUT2D eigenvalue weighted by atomic mass is 28.5. The Balaban J connectivity index is 4.28. The molecule has 1 amide bonds. The van der Waals surface area contributed by atoms with Crippen LogP contribution >= 0.6 is 0 Å². The van der Waals surface area contributed by atoms with Gasteiger partial charge in [-0.15, -0.1) is 0 Å². The van der Waals surface area contributed by atoms with E-state index in [1.165, 1.54) is 0 Å². The van der Waals surface area contributed by atoms with Crippen LogP contribution < -0.4 is 5.32 Å². The molecule has 0 saturated carbocycles. The third-order valence-corrected chi connectivity index (χ3v) is 12.7. The predicted octanol–water partition coefficient (Wildman–Crippen LogP) is 3.22. The molecule has 0 spiro atoms. The minimum absolute atomic E-state index is 0.167. The van der Waals surface area contributed by atoms with Crippen LogP contribution in [0.15, 0.2) is 0 Å². The van der Waals surface area contributed by atoms with E-state index in [4.69, 9.17) is 8.23 Å². The lowest BCUT2D eigenvalue weighted by Crippen LogP contribution is -2.52. The second kappa shape index (κ2) is 9.48. The summed E-state index contributed by atoms with van der Waals surface area (Å²) in [7, 11) is -1.74. The number of nitrogens with one attached hydrogen (secondary N) is 1. The largest absolute Gasteiger partial charge is 0.437 e. The smallest absolute Gasteiger partial charge is 0.314 e. The van der Waals surface area contributed by atoms with E-state index in [0.29, 0.717) is 6.42 Å². The first-order valence-corrected chi connectivity index (χ1v) is 17.9. The summed E-state index contributed by atoms with van der Waals surface area (Å²) in [6.45, 7) is 17.3. The summed E-state index contributed by atoms with van der Waals surface area (Å²) in [6, 6.07) is 1.01. The summed E-state index contributed by atoms with van der Waals surface area (Å²) in [5, 5.41) is 3.36. The highest BCUT2D eigenvalue weighted by Crippen LogP contribution is 2.25. The number of hydrogen-bond acceptors (Lipinski definition) is 4. The van der Waals surface area contributed by atoms with Crippen LogP contribution in [0.3, 0.4) is 0 Å². The van der Waals surface area contributed by atoms with Crippen LogP contribution in [0.4, 0.5) is 0 Å². The monoisotopic (exact) mass is 378 g/mol. The van der Waals surface area contributed by atoms with Crippen LogP contribution in [0, 0.1) is 0 Å². The standard InChI is InChI=1S/C15H38N2O3Si3/c1-17(2)15(18)11-13-16-12-10-14-23(9,19-21(3,4)5)20-22(6,7)8/h16H,10-14H2,1-9H3. The van der Waals surface area contributed by atoms with E-state index in [2.05, 4.69) is 51.1 Å². The molecule has 1 N–H and O–H groups in total. The van der Waals surface area contributed by atoms with Crippen molar-refractivity contribution in [3.8, 4) is 0 Å². The Hall–Kier alpha value is 0.000649. The molecule has 0 bridgehead atoms. The van der Waals surface area contributed by atoms with Crippen molar-refractivity contribution in [3.63, 3.8) is 0 Å². The Bertz CT molecular complexity index is 350. The van der Waals surface area contributed by atoms with Gasteiger partial charge in [0.1, 0.15) is 0 Å². The molecule has 0 saturated heterocycles. The van der Waals surface area contributed by atoms with Crippen molar-refractivity contribution in [2.75, 3.05) is 27.2 Å². The van der Waals surface area contributed by atoms with Crippen molar-refractivity contribution in [1.29, 1.82) is 0 Å². The van der Waals surface area contributed by atoms with E-state index >= 15 is 0 Å². The maximum absolute atomic E-state index is 11.5. The topological polar surface area (TPSA) is 50.8 Å². The molecule has 0 aromatic carbocycles. The van der Waals surface area contributed by atoms with Gasteiger partial charge in [0.2, 0.25) is 5.91 Å². The van der Waals surface area contributed by atoms with Crippen molar-refractivity contribution in [2.24, 2.45) is 0 Å². The summed E-state index contributed by atoms with van der Waals surface area (Å²) in [6.07, 6.45) is 1.59. The van der Waals surface area contributed by atoms with Gasteiger partial charge in [0.15, 0.2) is 16.6 Å². The normalized spacial score (nSPS) is 13.3. The number of carbonyl (C=O) groups is 1. The predicted molar refractivity (Wildman–Crippen MR) is 106 cm³/mol. The summed E-state index contributed by atoms with van der Waals surface area (Å²) in [4.78, 5) is 13.1. The lowest BCUT2D eigenvalue weighted by molar-refractivity contribution is -0.128. The third-order valence-electron chi connectivity index (χ3n) is 3.04. The summed E-state index contributed by atoms with van der Waals surface area (Å²) in [5.74, 6) is 0.167. The van der Waals surface area contributed by atoms with Crippen LogP contribution in [-0.2, 0) is 13.0 Å². The fourth-order valence-electron chi connectivity index (χ4n) is 2.50. The highest BCUT2D eigenvalue weighted by molar-refractivity contribution is 6.87. The third kappa shape index (κ3) is 13.0. The molecule has 5 nitrogen and oxygen atoms in total. The van der Waals surface area contributed by atoms with Gasteiger partial charge in [0, 0.05) is 27.1 Å². The molecule has 0 rings (SSSR count). The van der Waals surface area contributed by atoms with Gasteiger partial charge in [-0.3, -0.25) is 4.79 Å². The molecule has 0 fully saturated rings. The fraction of sp³-hybridized carbons (Fsp3) is 0.933. The molecule has 0 aromatic heterocycles. The Kier molecular flexibility index (Phi) is 9.48. The second-order valence-electron chi connectivity index (χ2n) is 8.45. The van der Waals surface area contributed by atoms with Crippen molar-refractivity contribution in [3.05, 3.63) is 0 Å². The van der Waals surface area contributed by atoms with Crippen molar-refractivity contribution >= 4 is 31.1 Å². The van der Waals surface area contributed by atoms with E-state index in [0.717, 1.165) is 25.6 Å². The average molecular weight is 379 g/mol. The van der Waals surface area contributed by atoms with E-state index in [9.17, 15) is 4.79 Å². The molecule has 138 valence electrons. The van der Waals surface area contributed by atoms with Crippen LogP contribution in [0.5, 0.6) is 0 Å². The minimum Gasteiger partial charge on any atom is -0.437 e. The van der Waals surface area contributed by atoms with Crippen LogP contribution in [0.1, 0.15) is 12.8 Å². The lowest BCUT2D eigenvalue weighted by atomic mass is 10.3. The Morgan fingerprint density at radius 2 is 1.39 bits per heavy atom. The molecule has 8 heteroatoms. The van der Waals surface area contributed by atoms with Crippen molar-refractivity contribution in [2.45, 2.75) is 64.7 Å². The first-order chi connectivity index (χ1) is 10.2. The molecular formula is C15H38N2O3Si3. The fourth-order valence-corrected chi connectivity index (χ4v) is 15.0. The molecule has 0 aromatic rings. The average Bonchev–Trinajstić information content (AvgIpc) is 2.27. The maximum Gasteiger partial charge on any atom is 0.314 e. The molecule has 0 aliphatic carbocycles. The van der Waals surface area contributed by atoms with E-state index in [1.807, 2.05) is 0 Å². The molecule has 0 aliphatic heterocycles. The zero-order chi connectivity index (χ0) is 18.3. The van der Waals surface area contributed by atoms with E-state index in [1.54, 1.807) is 19.0 Å². The van der Waals surface area contributed by atoms with Crippen LogP contribution in [0.2, 0.25) is 51.9 Å². The molecule has 0 unspecified atom stereocenters. The summed E-state index contributed by atoms with van der Waals surface area (Å²) >= 11 is 0. The molecule has 0 heterocycles. The lowest BCUT2D eigenvalue weighted by Gasteiger charge is -2.38. The quantitative estimate of drug-likeness (QED) is 0.443. The minimum atomic E-state index is -2.11. The zero-order valence-electron chi connectivity index (χ0n) is 16.7. The Labute approximate surface area is 146 Å². The van der Waals surface area contributed by atoms with Crippen molar-refractivity contribution in [1.82, 2.24) is 10.2 Å². The van der Waals surface area contributed by atoms with Crippen molar-refractivity contribution < 1.29 is 13.0 Å². The van der Waals surface area contributed by atoms with Crippen LogP contribution in [-0.4, -0.2) is 63.2 Å². The Morgan fingerprint density at radius 1 is 0.913 bits per heavy atom. The first kappa shape index (κ1) is 23.0. The Morgan fingerprint density at radius 3 is 1.78 bits per heavy atom. The van der Waals surface area contributed by atoms with Gasteiger partial charge in [-0.1, -0.05) is 0 Å². The van der Waals surface area contributed by atoms with Gasteiger partial charge in [-0.25, -0.2) is 0 Å². The molecular weight excluding hydrogens is 340 g/mol. The van der Waals surface area contributed by atoms with Gasteiger partial charge >= 0.3 is 8.56 Å². The van der Waals surface area contributed by atoms with Gasteiger partial charge < -0.3 is 18.4 Å². The summed E-state index contributed by atoms with van der Waals surface area (Å²) < 4.78 is 13.0. The van der Waals surface area contributed by atoms with Gasteiger partial charge in [0.25, 0.3) is 0 Å². The molecule has 0 aliphatic rings. The van der Waals surface area contributed by atoms with Gasteiger partial charge in [0.05, 0.1) is 0 Å². The second-order valence-corrected chi connectivity index (χ2v) is 21.3. The van der Waals surface area contributed by atoms with Gasteiger partial charge in [-0.05, 0) is 64.8 Å². The maximum atomic E-state index is 11.5. The SMILES string of the molecule is CN(C)C(=O)CCNCCC[Si](C)(O[Si](C)(C)C)O[Si](C)(C)C. The number of rotatable bonds is 11. The molecule has 23 heavy (non-hydrogen) atoms. The number of nitrogens with zero attached hydrogens (tertiary/aromatic N) is 1. The van der Waals surface area contributed by atoms with E-state index < -0.39 is 25.2 Å². The highest BCUT2D eigenvalue weighted by Gasteiger charge is 2.39. The van der Waals surface area contributed by atoms with Crippen LogP contribution in [0.25, 0.3) is 0 Å². The number of amides is 1. The molecule has 0 atom stereocenters.